The van der Waals surface area contributed by atoms with E-state index in [9.17, 15) is 19.1 Å². The van der Waals surface area contributed by atoms with Crippen LogP contribution >= 0.6 is 0 Å². The van der Waals surface area contributed by atoms with Gasteiger partial charge in [0.2, 0.25) is 5.91 Å². The molecule has 0 unspecified atom stereocenters. The van der Waals surface area contributed by atoms with E-state index in [1.807, 2.05) is 18.2 Å². The van der Waals surface area contributed by atoms with Gasteiger partial charge in [-0.2, -0.15) is 0 Å². The molecule has 1 heterocycles. The van der Waals surface area contributed by atoms with Gasteiger partial charge in [-0.05, 0) is 48.4 Å². The Morgan fingerprint density at radius 2 is 1.70 bits per heavy atom. The Morgan fingerprint density at radius 3 is 2.27 bits per heavy atom. The largest absolute Gasteiger partial charge is 0.481 e. The number of piperidine rings is 1. The lowest BCUT2D eigenvalue weighted by Crippen LogP contribution is -2.53. The molecule has 30 heavy (non-hydrogen) atoms. The minimum absolute atomic E-state index is 0.00505. The highest BCUT2D eigenvalue weighted by molar-refractivity contribution is 5.86. The van der Waals surface area contributed by atoms with Gasteiger partial charge in [0.15, 0.2) is 0 Å². The number of carboxylic acids is 1. The van der Waals surface area contributed by atoms with Crippen LogP contribution in [0.5, 0.6) is 0 Å². The van der Waals surface area contributed by atoms with Crippen LogP contribution in [0.15, 0.2) is 54.6 Å². The van der Waals surface area contributed by atoms with Crippen molar-refractivity contribution >= 4 is 11.9 Å². The molecule has 4 rings (SSSR count). The third kappa shape index (κ3) is 3.72. The summed E-state index contributed by atoms with van der Waals surface area (Å²) in [4.78, 5) is 26.2. The average molecular weight is 410 g/mol. The molecule has 2 N–H and O–H groups in total. The van der Waals surface area contributed by atoms with Crippen molar-refractivity contribution in [3.05, 3.63) is 71.5 Å². The Hall–Kier alpha value is -2.73. The van der Waals surface area contributed by atoms with Gasteiger partial charge in [0.05, 0.1) is 11.0 Å². The van der Waals surface area contributed by atoms with Gasteiger partial charge in [0, 0.05) is 26.6 Å². The molecule has 6 heteroatoms. The highest BCUT2D eigenvalue weighted by atomic mass is 19.1. The van der Waals surface area contributed by atoms with E-state index in [1.54, 1.807) is 19.1 Å². The predicted molar refractivity (Wildman–Crippen MR) is 111 cm³/mol. The van der Waals surface area contributed by atoms with Gasteiger partial charge in [-0.15, -0.1) is 0 Å². The maximum absolute atomic E-state index is 13.3. The molecule has 1 aliphatic heterocycles. The van der Waals surface area contributed by atoms with Gasteiger partial charge in [0.1, 0.15) is 5.82 Å². The second kappa shape index (κ2) is 7.84. The Labute approximate surface area is 175 Å². The number of carbonyl (C=O) groups is 2. The van der Waals surface area contributed by atoms with E-state index in [4.69, 9.17) is 0 Å². The van der Waals surface area contributed by atoms with Gasteiger partial charge in [-0.1, -0.05) is 42.5 Å². The summed E-state index contributed by atoms with van der Waals surface area (Å²) in [6, 6.07) is 15.9. The molecule has 1 saturated carbocycles. The fourth-order valence-corrected chi connectivity index (χ4v) is 5.05. The highest BCUT2D eigenvalue weighted by Crippen LogP contribution is 2.55. The Kier molecular flexibility index (Phi) is 5.36. The third-order valence-electron chi connectivity index (χ3n) is 6.78. The van der Waals surface area contributed by atoms with Gasteiger partial charge in [-0.25, -0.2) is 4.39 Å². The van der Waals surface area contributed by atoms with Crippen LogP contribution in [0.1, 0.15) is 37.3 Å². The maximum Gasteiger partial charge on any atom is 0.314 e. The summed E-state index contributed by atoms with van der Waals surface area (Å²) >= 11 is 0. The first-order chi connectivity index (χ1) is 14.4. The normalized spacial score (nSPS) is 25.5. The van der Waals surface area contributed by atoms with Gasteiger partial charge in [-0.3, -0.25) is 9.59 Å². The van der Waals surface area contributed by atoms with E-state index >= 15 is 0 Å². The van der Waals surface area contributed by atoms with Crippen molar-refractivity contribution in [2.75, 3.05) is 19.6 Å². The molecule has 1 saturated heterocycles. The Bertz CT molecular complexity index is 923. The first-order valence-electron chi connectivity index (χ1n) is 10.4. The van der Waals surface area contributed by atoms with Crippen molar-refractivity contribution in [3.8, 4) is 0 Å². The van der Waals surface area contributed by atoms with Crippen molar-refractivity contribution in [1.82, 2.24) is 10.2 Å². The summed E-state index contributed by atoms with van der Waals surface area (Å²) in [6.45, 7) is 3.80. The van der Waals surface area contributed by atoms with Gasteiger partial charge < -0.3 is 15.3 Å². The number of carbonyl (C=O) groups excluding carboxylic acids is 1. The number of carboxylic acid groups (broad SMARTS) is 1. The molecule has 1 aliphatic carbocycles. The first-order valence-corrected chi connectivity index (χ1v) is 10.4. The number of halogens is 1. The lowest BCUT2D eigenvalue weighted by Gasteiger charge is -2.43. The number of nitrogens with one attached hydrogen (secondary N) is 1. The molecule has 2 fully saturated rings. The van der Waals surface area contributed by atoms with E-state index in [2.05, 4.69) is 22.3 Å². The number of benzene rings is 2. The van der Waals surface area contributed by atoms with Crippen LogP contribution in [0.3, 0.4) is 0 Å². The molecule has 2 aromatic carbocycles. The number of hydrogen-bond donors (Lipinski definition) is 2. The molecule has 0 radical (unpaired) electrons. The smallest absolute Gasteiger partial charge is 0.314 e. The van der Waals surface area contributed by atoms with E-state index in [0.29, 0.717) is 18.5 Å². The molecule has 2 atom stereocenters. The average Bonchev–Trinajstić information content (AvgIpc) is 3.45. The molecular weight excluding hydrogens is 383 g/mol. The molecule has 158 valence electrons. The summed E-state index contributed by atoms with van der Waals surface area (Å²) < 4.78 is 13.3. The van der Waals surface area contributed by atoms with Crippen LogP contribution in [-0.4, -0.2) is 41.5 Å². The zero-order valence-corrected chi connectivity index (χ0v) is 17.1. The Morgan fingerprint density at radius 1 is 1.07 bits per heavy atom. The van der Waals surface area contributed by atoms with Crippen LogP contribution in [-0.2, 0) is 20.5 Å². The van der Waals surface area contributed by atoms with Crippen molar-refractivity contribution in [3.63, 3.8) is 0 Å². The summed E-state index contributed by atoms with van der Waals surface area (Å²) in [7, 11) is 0. The fraction of sp³-hybridized carbons (Fsp3) is 0.417. The first kappa shape index (κ1) is 20.5. The monoisotopic (exact) mass is 410 g/mol. The van der Waals surface area contributed by atoms with E-state index in [-0.39, 0.29) is 23.2 Å². The number of nitrogens with zero attached hydrogens (tertiary/aromatic N) is 1. The second-order valence-electron chi connectivity index (χ2n) is 8.61. The minimum Gasteiger partial charge on any atom is -0.481 e. The fourth-order valence-electron chi connectivity index (χ4n) is 5.05. The molecule has 0 bridgehead atoms. The summed E-state index contributed by atoms with van der Waals surface area (Å²) in [5, 5.41) is 13.1. The SMILES string of the molecule is CC(=O)NC1(c2ccccc2)CCN(C[C@@H]2C[C@@]2(C(=O)O)c2ccc(F)cc2)CC1. The Balaban J connectivity index is 1.45. The van der Waals surface area contributed by atoms with E-state index < -0.39 is 11.4 Å². The summed E-state index contributed by atoms with van der Waals surface area (Å²) in [6.07, 6.45) is 2.12. The summed E-state index contributed by atoms with van der Waals surface area (Å²) in [5.74, 6) is -1.24. The van der Waals surface area contributed by atoms with E-state index in [0.717, 1.165) is 31.5 Å². The van der Waals surface area contributed by atoms with Crippen LogP contribution in [0, 0.1) is 11.7 Å². The standard InChI is InChI=1S/C24H27FN2O3/c1-17(28)26-23(18-5-3-2-4-6-18)11-13-27(14-12-23)16-20-15-24(20,22(29)30)19-7-9-21(25)10-8-19/h2-10,20H,11-16H2,1H3,(H,26,28)(H,29,30)/t20-,24+/m0/s1. The molecule has 1 amide bonds. The van der Waals surface area contributed by atoms with Gasteiger partial charge in [0.25, 0.3) is 0 Å². The second-order valence-corrected chi connectivity index (χ2v) is 8.61. The quantitative estimate of drug-likeness (QED) is 0.767. The molecule has 2 aliphatic rings. The number of aliphatic carboxylic acids is 1. The summed E-state index contributed by atoms with van der Waals surface area (Å²) in [5.41, 5.74) is 0.487. The third-order valence-corrected chi connectivity index (χ3v) is 6.78. The number of hydrogen-bond acceptors (Lipinski definition) is 3. The topological polar surface area (TPSA) is 69.6 Å². The molecular formula is C24H27FN2O3. The number of likely N-dealkylation sites (tertiary alicyclic amines) is 1. The van der Waals surface area contributed by atoms with E-state index in [1.165, 1.54) is 12.1 Å². The lowest BCUT2D eigenvalue weighted by atomic mass is 9.80. The van der Waals surface area contributed by atoms with Crippen molar-refractivity contribution in [2.45, 2.75) is 37.1 Å². The highest BCUT2D eigenvalue weighted by Gasteiger charge is 2.61. The van der Waals surface area contributed by atoms with Crippen LogP contribution in [0.4, 0.5) is 4.39 Å². The van der Waals surface area contributed by atoms with Crippen LogP contribution in [0.25, 0.3) is 0 Å². The lowest BCUT2D eigenvalue weighted by molar-refractivity contribution is -0.140. The molecule has 2 aromatic rings. The van der Waals surface area contributed by atoms with Crippen molar-refractivity contribution in [1.29, 1.82) is 0 Å². The van der Waals surface area contributed by atoms with Gasteiger partial charge >= 0.3 is 5.97 Å². The van der Waals surface area contributed by atoms with Crippen LogP contribution in [0.2, 0.25) is 0 Å². The molecule has 5 nitrogen and oxygen atoms in total. The predicted octanol–water partition coefficient (Wildman–Crippen LogP) is 3.30. The molecule has 0 spiro atoms. The number of amides is 1. The minimum atomic E-state index is -0.917. The van der Waals surface area contributed by atoms with Crippen LogP contribution < -0.4 is 5.32 Å². The van der Waals surface area contributed by atoms with Crippen molar-refractivity contribution in [2.24, 2.45) is 5.92 Å². The van der Waals surface area contributed by atoms with Crippen molar-refractivity contribution < 1.29 is 19.1 Å². The molecule has 0 aromatic heterocycles. The zero-order valence-electron chi connectivity index (χ0n) is 17.1. The maximum atomic E-state index is 13.3. The number of rotatable bonds is 6. The zero-order chi connectivity index (χ0) is 21.4.